The molecule has 0 unspecified atom stereocenters. The van der Waals surface area contributed by atoms with Crippen LogP contribution < -0.4 is 5.32 Å². The molecule has 1 amide bonds. The summed E-state index contributed by atoms with van der Waals surface area (Å²) in [5.41, 5.74) is 4.38. The molecular formula is C24H27ClN2O2S. The summed E-state index contributed by atoms with van der Waals surface area (Å²) in [7, 11) is 1.60. The van der Waals surface area contributed by atoms with Crippen LogP contribution in [0.3, 0.4) is 0 Å². The molecule has 0 saturated carbocycles. The fourth-order valence-electron chi connectivity index (χ4n) is 2.63. The first-order valence-electron chi connectivity index (χ1n) is 9.64. The number of nitrogens with one attached hydrogen (secondary N) is 1. The maximum Gasteiger partial charge on any atom is 0.223 e. The van der Waals surface area contributed by atoms with Gasteiger partial charge >= 0.3 is 0 Å². The Bertz CT molecular complexity index is 925. The summed E-state index contributed by atoms with van der Waals surface area (Å²) in [4.78, 5) is 16.7. The van der Waals surface area contributed by atoms with Gasteiger partial charge in [0.1, 0.15) is 0 Å². The van der Waals surface area contributed by atoms with Crippen LogP contribution in [0, 0.1) is 0 Å². The van der Waals surface area contributed by atoms with Crippen LogP contribution in [0.25, 0.3) is 0 Å². The standard InChI is InChI=1S/C17H14ClNS.C7H13NO2/c1-12-10-19-17(13-6-2-4-8-15(13)18)14-7-3-5-9-16(14)20-11-12;1-3-4-7(9)8-5-6-10-2/h2-9,11H,10H2,1H3;3H,1,4-6H2,2H3,(H,8,9)/b12-11-,19-17?;. The van der Waals surface area contributed by atoms with E-state index >= 15 is 0 Å². The maximum absolute atomic E-state index is 10.7. The van der Waals surface area contributed by atoms with Crippen molar-refractivity contribution in [3.05, 3.63) is 88.3 Å². The van der Waals surface area contributed by atoms with Crippen molar-refractivity contribution in [2.45, 2.75) is 18.2 Å². The quantitative estimate of drug-likeness (QED) is 0.473. The fraction of sp³-hybridized carbons (Fsp3) is 0.250. The second-order valence-electron chi connectivity index (χ2n) is 6.56. The second-order valence-corrected chi connectivity index (χ2v) is 7.88. The summed E-state index contributed by atoms with van der Waals surface area (Å²) < 4.78 is 4.73. The normalized spacial score (nSPS) is 14.5. The predicted octanol–water partition coefficient (Wildman–Crippen LogP) is 5.51. The van der Waals surface area contributed by atoms with Crippen LogP contribution in [0.2, 0.25) is 5.02 Å². The summed E-state index contributed by atoms with van der Waals surface area (Å²) >= 11 is 8.10. The lowest BCUT2D eigenvalue weighted by atomic mass is 10.0. The van der Waals surface area contributed by atoms with E-state index in [-0.39, 0.29) is 5.91 Å². The van der Waals surface area contributed by atoms with Gasteiger partial charge in [-0.05, 0) is 30.0 Å². The van der Waals surface area contributed by atoms with Crippen LogP contribution in [-0.4, -0.2) is 38.4 Å². The molecule has 0 aliphatic carbocycles. The highest BCUT2D eigenvalue weighted by molar-refractivity contribution is 8.02. The van der Waals surface area contributed by atoms with Gasteiger partial charge in [0.05, 0.1) is 18.9 Å². The molecule has 6 heteroatoms. The molecule has 2 aromatic carbocycles. The van der Waals surface area contributed by atoms with Gasteiger partial charge in [-0.15, -0.1) is 6.58 Å². The Morgan fingerprint density at radius 2 is 1.93 bits per heavy atom. The Balaban J connectivity index is 0.000000274. The number of carbonyl (C=O) groups excluding carboxylic acids is 1. The molecule has 0 spiro atoms. The van der Waals surface area contributed by atoms with Crippen LogP contribution in [0.5, 0.6) is 0 Å². The molecule has 1 N–H and O–H groups in total. The van der Waals surface area contributed by atoms with Crippen molar-refractivity contribution < 1.29 is 9.53 Å². The van der Waals surface area contributed by atoms with Gasteiger partial charge in [0, 0.05) is 41.1 Å². The summed E-state index contributed by atoms with van der Waals surface area (Å²) in [5, 5.41) is 5.57. The number of hydrogen-bond donors (Lipinski definition) is 1. The minimum absolute atomic E-state index is 0.00736. The van der Waals surface area contributed by atoms with Crippen molar-refractivity contribution in [2.75, 3.05) is 26.8 Å². The number of ether oxygens (including phenoxy) is 1. The first-order valence-corrected chi connectivity index (χ1v) is 10.9. The largest absolute Gasteiger partial charge is 0.383 e. The molecule has 1 aliphatic rings. The number of rotatable bonds is 6. The molecule has 0 saturated heterocycles. The molecule has 0 aromatic heterocycles. The number of fused-ring (bicyclic) bond motifs is 1. The molecule has 158 valence electrons. The van der Waals surface area contributed by atoms with Crippen LogP contribution >= 0.6 is 23.4 Å². The van der Waals surface area contributed by atoms with Crippen molar-refractivity contribution in [3.63, 3.8) is 0 Å². The van der Waals surface area contributed by atoms with E-state index in [1.165, 1.54) is 10.5 Å². The van der Waals surface area contributed by atoms with Gasteiger partial charge < -0.3 is 10.1 Å². The number of carbonyl (C=O) groups is 1. The van der Waals surface area contributed by atoms with Crippen molar-refractivity contribution in [3.8, 4) is 0 Å². The van der Waals surface area contributed by atoms with Crippen LogP contribution in [0.4, 0.5) is 0 Å². The maximum atomic E-state index is 10.7. The SMILES string of the molecule is C/C1=C/Sc2ccccc2C(c2ccccc2Cl)=NC1.C=CCC(=O)NCCOC. The van der Waals surface area contributed by atoms with Gasteiger partial charge in [-0.2, -0.15) is 0 Å². The molecule has 0 bridgehead atoms. The van der Waals surface area contributed by atoms with Crippen LogP contribution in [0.1, 0.15) is 24.5 Å². The smallest absolute Gasteiger partial charge is 0.223 e. The fourth-order valence-corrected chi connectivity index (χ4v) is 3.71. The summed E-state index contributed by atoms with van der Waals surface area (Å²) in [6.07, 6.45) is 1.95. The average Bonchev–Trinajstić information content (AvgIpc) is 2.74. The van der Waals surface area contributed by atoms with Crippen molar-refractivity contribution in [2.24, 2.45) is 4.99 Å². The molecular weight excluding hydrogens is 416 g/mol. The lowest BCUT2D eigenvalue weighted by Crippen LogP contribution is -2.25. The number of nitrogens with zero attached hydrogens (tertiary/aromatic N) is 1. The van der Waals surface area contributed by atoms with Gasteiger partial charge in [-0.1, -0.05) is 65.8 Å². The zero-order valence-electron chi connectivity index (χ0n) is 17.4. The molecule has 0 radical (unpaired) electrons. The average molecular weight is 443 g/mol. The summed E-state index contributed by atoms with van der Waals surface area (Å²) in [5.74, 6) is -0.00736. The minimum Gasteiger partial charge on any atom is -0.383 e. The molecule has 2 aromatic rings. The highest BCUT2D eigenvalue weighted by atomic mass is 35.5. The lowest BCUT2D eigenvalue weighted by Gasteiger charge is -2.15. The molecule has 0 fully saturated rings. The third-order valence-electron chi connectivity index (χ3n) is 4.10. The Kier molecular flexibility index (Phi) is 10.4. The second kappa shape index (κ2) is 13.1. The first-order chi connectivity index (χ1) is 14.6. The Labute approximate surface area is 188 Å². The number of benzene rings is 2. The highest BCUT2D eigenvalue weighted by Crippen LogP contribution is 2.30. The molecule has 4 nitrogen and oxygen atoms in total. The summed E-state index contributed by atoms with van der Waals surface area (Å²) in [6.45, 7) is 7.38. The number of amides is 1. The van der Waals surface area contributed by atoms with E-state index < -0.39 is 0 Å². The van der Waals surface area contributed by atoms with Crippen LogP contribution in [-0.2, 0) is 9.53 Å². The molecule has 1 heterocycles. The van der Waals surface area contributed by atoms with E-state index in [0.29, 0.717) is 26.1 Å². The molecule has 3 rings (SSSR count). The van der Waals surface area contributed by atoms with Gasteiger partial charge in [-0.3, -0.25) is 9.79 Å². The molecule has 0 atom stereocenters. The Hall–Kier alpha value is -2.34. The van der Waals surface area contributed by atoms with Gasteiger partial charge in [0.15, 0.2) is 0 Å². The van der Waals surface area contributed by atoms with E-state index in [0.717, 1.165) is 21.9 Å². The van der Waals surface area contributed by atoms with Crippen molar-refractivity contribution in [1.29, 1.82) is 0 Å². The van der Waals surface area contributed by atoms with Gasteiger partial charge in [0.2, 0.25) is 5.91 Å². The number of hydrogen-bond acceptors (Lipinski definition) is 4. The van der Waals surface area contributed by atoms with E-state index in [1.807, 2.05) is 30.3 Å². The number of methoxy groups -OCH3 is 1. The molecule has 30 heavy (non-hydrogen) atoms. The third kappa shape index (κ3) is 7.48. The molecule has 1 aliphatic heterocycles. The Morgan fingerprint density at radius 1 is 1.23 bits per heavy atom. The highest BCUT2D eigenvalue weighted by Gasteiger charge is 2.15. The van der Waals surface area contributed by atoms with E-state index in [2.05, 4.69) is 42.4 Å². The van der Waals surface area contributed by atoms with Crippen molar-refractivity contribution >= 4 is 35.0 Å². The number of aliphatic imine (C=N–C) groups is 1. The Morgan fingerprint density at radius 3 is 2.63 bits per heavy atom. The number of halogens is 1. The monoisotopic (exact) mass is 442 g/mol. The lowest BCUT2D eigenvalue weighted by molar-refractivity contribution is -0.120. The van der Waals surface area contributed by atoms with Crippen LogP contribution in [0.15, 0.2) is 82.1 Å². The van der Waals surface area contributed by atoms with E-state index in [1.54, 1.807) is 24.9 Å². The van der Waals surface area contributed by atoms with Gasteiger partial charge in [-0.25, -0.2) is 0 Å². The zero-order chi connectivity index (χ0) is 21.8. The zero-order valence-corrected chi connectivity index (χ0v) is 18.9. The van der Waals surface area contributed by atoms with E-state index in [4.69, 9.17) is 21.3 Å². The van der Waals surface area contributed by atoms with Gasteiger partial charge in [0.25, 0.3) is 0 Å². The van der Waals surface area contributed by atoms with Crippen molar-refractivity contribution in [1.82, 2.24) is 5.32 Å². The topological polar surface area (TPSA) is 50.7 Å². The summed E-state index contributed by atoms with van der Waals surface area (Å²) in [6, 6.07) is 16.2. The predicted molar refractivity (Wildman–Crippen MR) is 128 cm³/mol. The number of thioether (sulfide) groups is 1. The first kappa shape index (κ1) is 23.9. The van der Waals surface area contributed by atoms with E-state index in [9.17, 15) is 4.79 Å². The minimum atomic E-state index is -0.00736. The third-order valence-corrected chi connectivity index (χ3v) is 5.56.